The lowest BCUT2D eigenvalue weighted by atomic mass is 9.97. The minimum absolute atomic E-state index is 0.331. The SMILES string of the molecule is CSc1nc(NCC2CCCO2)c2c3c(sc2n1)CCCC3. The molecule has 4 rings (SSSR count). The Morgan fingerprint density at radius 1 is 1.27 bits per heavy atom. The molecular weight excluding hydrogens is 314 g/mol. The molecule has 1 saturated heterocycles. The van der Waals surface area contributed by atoms with E-state index in [1.807, 2.05) is 17.6 Å². The third-order valence-corrected chi connectivity index (χ3v) is 6.23. The van der Waals surface area contributed by atoms with Crippen molar-refractivity contribution in [1.29, 1.82) is 0 Å². The predicted octanol–water partition coefficient (Wildman–Crippen LogP) is 3.88. The summed E-state index contributed by atoms with van der Waals surface area (Å²) in [6.07, 6.45) is 9.67. The van der Waals surface area contributed by atoms with E-state index in [-0.39, 0.29) is 0 Å². The van der Waals surface area contributed by atoms with Crippen molar-refractivity contribution in [3.05, 3.63) is 10.4 Å². The summed E-state index contributed by atoms with van der Waals surface area (Å²) in [5.74, 6) is 1.02. The van der Waals surface area contributed by atoms with Crippen LogP contribution in [-0.4, -0.2) is 35.5 Å². The predicted molar refractivity (Wildman–Crippen MR) is 93.3 cm³/mol. The van der Waals surface area contributed by atoms with Gasteiger partial charge in [0.1, 0.15) is 10.6 Å². The number of ether oxygens (including phenoxy) is 1. The molecule has 6 heteroatoms. The summed E-state index contributed by atoms with van der Waals surface area (Å²) in [5.41, 5.74) is 1.49. The van der Waals surface area contributed by atoms with E-state index in [2.05, 4.69) is 5.32 Å². The molecule has 0 spiro atoms. The van der Waals surface area contributed by atoms with Crippen molar-refractivity contribution in [2.45, 2.75) is 49.8 Å². The highest BCUT2D eigenvalue weighted by atomic mass is 32.2. The van der Waals surface area contributed by atoms with Gasteiger partial charge in [0.15, 0.2) is 5.16 Å². The molecule has 2 aromatic rings. The van der Waals surface area contributed by atoms with Gasteiger partial charge in [0.2, 0.25) is 0 Å². The Labute approximate surface area is 139 Å². The molecule has 4 nitrogen and oxygen atoms in total. The lowest BCUT2D eigenvalue weighted by Gasteiger charge is -2.15. The number of aryl methyl sites for hydroxylation is 2. The first-order valence-electron chi connectivity index (χ1n) is 8.07. The highest BCUT2D eigenvalue weighted by Crippen LogP contribution is 2.39. The van der Waals surface area contributed by atoms with E-state index < -0.39 is 0 Å². The van der Waals surface area contributed by atoms with Gasteiger partial charge in [-0.25, -0.2) is 9.97 Å². The molecule has 0 bridgehead atoms. The van der Waals surface area contributed by atoms with Crippen LogP contribution in [0.15, 0.2) is 5.16 Å². The van der Waals surface area contributed by atoms with Crippen LogP contribution in [-0.2, 0) is 17.6 Å². The number of hydrogen-bond acceptors (Lipinski definition) is 6. The van der Waals surface area contributed by atoms with Gasteiger partial charge in [-0.3, -0.25) is 0 Å². The second-order valence-corrected chi connectivity index (χ2v) is 7.82. The number of aromatic nitrogens is 2. The minimum atomic E-state index is 0.331. The lowest BCUT2D eigenvalue weighted by Crippen LogP contribution is -2.19. The number of thiophene rings is 1. The Morgan fingerprint density at radius 2 is 2.18 bits per heavy atom. The van der Waals surface area contributed by atoms with Crippen LogP contribution >= 0.6 is 23.1 Å². The lowest BCUT2D eigenvalue weighted by molar-refractivity contribution is 0.120. The van der Waals surface area contributed by atoms with Crippen molar-refractivity contribution in [2.75, 3.05) is 24.7 Å². The fraction of sp³-hybridized carbons (Fsp3) is 0.625. The number of nitrogens with zero attached hydrogens (tertiary/aromatic N) is 2. The van der Waals surface area contributed by atoms with E-state index in [9.17, 15) is 0 Å². The molecule has 3 heterocycles. The topological polar surface area (TPSA) is 47.0 Å². The molecule has 2 aromatic heterocycles. The van der Waals surface area contributed by atoms with E-state index >= 15 is 0 Å². The molecule has 0 saturated carbocycles. The Kier molecular flexibility index (Phi) is 4.24. The zero-order valence-electron chi connectivity index (χ0n) is 12.9. The van der Waals surface area contributed by atoms with Gasteiger partial charge in [-0.15, -0.1) is 11.3 Å². The molecule has 1 unspecified atom stereocenters. The maximum absolute atomic E-state index is 5.73. The first kappa shape index (κ1) is 14.7. The monoisotopic (exact) mass is 335 g/mol. The fourth-order valence-electron chi connectivity index (χ4n) is 3.37. The first-order chi connectivity index (χ1) is 10.8. The molecule has 118 valence electrons. The maximum Gasteiger partial charge on any atom is 0.190 e. The second-order valence-electron chi connectivity index (χ2n) is 5.97. The quantitative estimate of drug-likeness (QED) is 0.678. The van der Waals surface area contributed by atoms with Crippen LogP contribution in [0.1, 0.15) is 36.1 Å². The van der Waals surface area contributed by atoms with E-state index in [0.29, 0.717) is 6.10 Å². The van der Waals surface area contributed by atoms with Crippen LogP contribution in [0.25, 0.3) is 10.2 Å². The smallest absolute Gasteiger partial charge is 0.190 e. The van der Waals surface area contributed by atoms with Gasteiger partial charge in [-0.05, 0) is 50.3 Å². The molecule has 1 aliphatic carbocycles. The van der Waals surface area contributed by atoms with Crippen molar-refractivity contribution < 1.29 is 4.74 Å². The molecule has 2 aliphatic rings. The van der Waals surface area contributed by atoms with Crippen molar-refractivity contribution >= 4 is 39.1 Å². The van der Waals surface area contributed by atoms with Gasteiger partial charge in [-0.2, -0.15) is 0 Å². The summed E-state index contributed by atoms with van der Waals surface area (Å²) in [6.45, 7) is 1.75. The molecular formula is C16H21N3OS2. The molecule has 1 aliphatic heterocycles. The number of anilines is 1. The number of hydrogen-bond donors (Lipinski definition) is 1. The third-order valence-electron chi connectivity index (χ3n) is 4.50. The maximum atomic E-state index is 5.73. The second kappa shape index (κ2) is 6.34. The summed E-state index contributed by atoms with van der Waals surface area (Å²) < 4.78 is 5.73. The van der Waals surface area contributed by atoms with Crippen molar-refractivity contribution in [3.8, 4) is 0 Å². The van der Waals surface area contributed by atoms with Crippen LogP contribution in [0.5, 0.6) is 0 Å². The Bertz CT molecular complexity index is 680. The van der Waals surface area contributed by atoms with E-state index in [1.54, 1.807) is 11.8 Å². The van der Waals surface area contributed by atoms with E-state index in [0.717, 1.165) is 35.4 Å². The fourth-order valence-corrected chi connectivity index (χ4v) is 5.06. The summed E-state index contributed by atoms with van der Waals surface area (Å²) in [4.78, 5) is 12.2. The standard InChI is InChI=1S/C16H21N3OS2/c1-21-16-18-14(17-9-10-5-4-8-20-10)13-11-6-2-3-7-12(11)22-15(13)19-16/h10H,2-9H2,1H3,(H,17,18,19). The summed E-state index contributed by atoms with van der Waals surface area (Å²) in [5, 5.41) is 5.69. The van der Waals surface area contributed by atoms with Crippen molar-refractivity contribution in [2.24, 2.45) is 0 Å². The number of fused-ring (bicyclic) bond motifs is 3. The van der Waals surface area contributed by atoms with Gasteiger partial charge in [0.05, 0.1) is 11.5 Å². The van der Waals surface area contributed by atoms with Gasteiger partial charge < -0.3 is 10.1 Å². The van der Waals surface area contributed by atoms with E-state index in [1.165, 1.54) is 47.9 Å². The van der Waals surface area contributed by atoms with Gasteiger partial charge in [-0.1, -0.05) is 11.8 Å². The highest BCUT2D eigenvalue weighted by Gasteiger charge is 2.22. The van der Waals surface area contributed by atoms with Crippen molar-refractivity contribution in [3.63, 3.8) is 0 Å². The van der Waals surface area contributed by atoms with Gasteiger partial charge >= 0.3 is 0 Å². The van der Waals surface area contributed by atoms with Crippen LogP contribution in [0.3, 0.4) is 0 Å². The normalized spacial score (nSPS) is 21.2. The number of thioether (sulfide) groups is 1. The van der Waals surface area contributed by atoms with Crippen LogP contribution in [0.4, 0.5) is 5.82 Å². The van der Waals surface area contributed by atoms with Gasteiger partial charge in [0.25, 0.3) is 0 Å². The third kappa shape index (κ3) is 2.72. The summed E-state index contributed by atoms with van der Waals surface area (Å²) in [7, 11) is 0. The van der Waals surface area contributed by atoms with E-state index in [4.69, 9.17) is 14.7 Å². The Hall–Kier alpha value is -0.850. The minimum Gasteiger partial charge on any atom is -0.376 e. The Balaban J connectivity index is 1.71. The van der Waals surface area contributed by atoms with Crippen LogP contribution < -0.4 is 5.32 Å². The molecule has 1 atom stereocenters. The van der Waals surface area contributed by atoms with Crippen molar-refractivity contribution in [1.82, 2.24) is 9.97 Å². The average molecular weight is 335 g/mol. The average Bonchev–Trinajstić information content (AvgIpc) is 3.19. The molecule has 0 amide bonds. The zero-order chi connectivity index (χ0) is 14.9. The molecule has 0 radical (unpaired) electrons. The molecule has 1 fully saturated rings. The highest BCUT2D eigenvalue weighted by molar-refractivity contribution is 7.98. The first-order valence-corrected chi connectivity index (χ1v) is 10.1. The van der Waals surface area contributed by atoms with Gasteiger partial charge in [0, 0.05) is 18.0 Å². The number of nitrogens with one attached hydrogen (secondary N) is 1. The van der Waals surface area contributed by atoms with Crippen LogP contribution in [0, 0.1) is 0 Å². The Morgan fingerprint density at radius 3 is 3.00 bits per heavy atom. The molecule has 0 aromatic carbocycles. The summed E-state index contributed by atoms with van der Waals surface area (Å²) >= 11 is 3.48. The van der Waals surface area contributed by atoms with Crippen LogP contribution in [0.2, 0.25) is 0 Å². The molecule has 1 N–H and O–H groups in total. The molecule has 22 heavy (non-hydrogen) atoms. The summed E-state index contributed by atoms with van der Waals surface area (Å²) in [6, 6.07) is 0. The zero-order valence-corrected chi connectivity index (χ0v) is 14.5. The number of rotatable bonds is 4. The largest absolute Gasteiger partial charge is 0.376 e.